The summed E-state index contributed by atoms with van der Waals surface area (Å²) in [5.74, 6) is 1.16. The van der Waals surface area contributed by atoms with E-state index < -0.39 is 0 Å². The first kappa shape index (κ1) is 26.7. The van der Waals surface area contributed by atoms with E-state index in [1.165, 1.54) is 11.8 Å². The van der Waals surface area contributed by atoms with E-state index in [2.05, 4.69) is 9.88 Å². The zero-order valence-corrected chi connectivity index (χ0v) is 23.6. The summed E-state index contributed by atoms with van der Waals surface area (Å²) in [6, 6.07) is 20.6. The van der Waals surface area contributed by atoms with Gasteiger partial charge in [0.25, 0.3) is 11.1 Å². The number of benzene rings is 3. The Hall–Kier alpha value is -3.49. The van der Waals surface area contributed by atoms with E-state index in [4.69, 9.17) is 25.5 Å². The van der Waals surface area contributed by atoms with E-state index >= 15 is 0 Å². The van der Waals surface area contributed by atoms with Crippen LogP contribution in [0.25, 0.3) is 11.1 Å². The van der Waals surface area contributed by atoms with E-state index in [9.17, 15) is 9.59 Å². The van der Waals surface area contributed by atoms with Crippen molar-refractivity contribution in [1.82, 2.24) is 9.88 Å². The second kappa shape index (κ2) is 11.6. The first-order valence-corrected chi connectivity index (χ1v) is 14.9. The molecule has 2 unspecified atom stereocenters. The largest absolute Gasteiger partial charge is 0.490 e. The minimum Gasteiger partial charge on any atom is -0.490 e. The van der Waals surface area contributed by atoms with E-state index in [-0.39, 0.29) is 30.1 Å². The van der Waals surface area contributed by atoms with Gasteiger partial charge in [0.1, 0.15) is 17.4 Å². The lowest BCUT2D eigenvalue weighted by atomic mass is 9.98. The highest BCUT2D eigenvalue weighted by Crippen LogP contribution is 2.38. The van der Waals surface area contributed by atoms with Crippen LogP contribution in [-0.2, 0) is 10.5 Å². The summed E-state index contributed by atoms with van der Waals surface area (Å²) in [5, 5.41) is 1.22. The number of esters is 1. The third-order valence-corrected chi connectivity index (χ3v) is 8.62. The quantitative estimate of drug-likeness (QED) is 0.162. The van der Waals surface area contributed by atoms with Crippen LogP contribution < -0.4 is 4.74 Å². The summed E-state index contributed by atoms with van der Waals surface area (Å²) in [4.78, 5) is 32.0. The highest BCUT2D eigenvalue weighted by atomic mass is 35.5. The minimum absolute atomic E-state index is 0.0391. The van der Waals surface area contributed by atoms with Crippen molar-refractivity contribution < 1.29 is 23.5 Å². The van der Waals surface area contributed by atoms with Crippen molar-refractivity contribution in [3.63, 3.8) is 0 Å². The van der Waals surface area contributed by atoms with Crippen LogP contribution in [0.4, 0.5) is 0 Å². The first-order chi connectivity index (χ1) is 19.5. The molecule has 1 amide bonds. The monoisotopic (exact) mass is 576 g/mol. The highest BCUT2D eigenvalue weighted by molar-refractivity contribution is 7.98. The lowest BCUT2D eigenvalue weighted by molar-refractivity contribution is 0.0359. The third kappa shape index (κ3) is 5.69. The smallest absolute Gasteiger partial charge is 0.338 e. The maximum atomic E-state index is 13.5. The number of piperidine rings is 1. The van der Waals surface area contributed by atoms with E-state index in [0.717, 1.165) is 42.5 Å². The summed E-state index contributed by atoms with van der Waals surface area (Å²) >= 11 is 7.55. The molecule has 2 aliphatic heterocycles. The molecule has 0 aliphatic carbocycles. The van der Waals surface area contributed by atoms with Crippen LogP contribution in [0.2, 0.25) is 5.02 Å². The number of hydrogen-bond donors (Lipinski definition) is 0. The second-order valence-corrected chi connectivity index (χ2v) is 11.5. The van der Waals surface area contributed by atoms with Crippen molar-refractivity contribution in [2.75, 3.05) is 6.61 Å². The molecule has 6 rings (SSSR count). The van der Waals surface area contributed by atoms with Gasteiger partial charge in [0, 0.05) is 41.3 Å². The number of halogens is 1. The van der Waals surface area contributed by atoms with Crippen molar-refractivity contribution in [3.8, 4) is 5.75 Å². The fourth-order valence-corrected chi connectivity index (χ4v) is 6.57. The standard InChI is InChI=1S/C31H29ClN2O5S/c1-2-37-30(36)21-7-12-25(13-8-21)38-26-16-23-10-11-24(17-26)34(23)29(35)20-5-3-19(4-6-20)18-40-31-33-27-15-22(32)9-14-28(27)39-31/h3-9,12-15,23-24,26H,2,10-11,16-18H2,1H3. The number of hydrogen-bond acceptors (Lipinski definition) is 7. The van der Waals surface area contributed by atoms with Crippen LogP contribution in [0, 0.1) is 0 Å². The average molecular weight is 577 g/mol. The molecular weight excluding hydrogens is 548 g/mol. The summed E-state index contributed by atoms with van der Waals surface area (Å²) in [5.41, 5.74) is 3.76. The van der Waals surface area contributed by atoms with Crippen LogP contribution in [-0.4, -0.2) is 46.6 Å². The molecule has 206 valence electrons. The molecule has 2 atom stereocenters. The molecule has 40 heavy (non-hydrogen) atoms. The topological polar surface area (TPSA) is 81.9 Å². The van der Waals surface area contributed by atoms with Crippen LogP contribution in [0.5, 0.6) is 5.75 Å². The maximum absolute atomic E-state index is 13.5. The molecule has 0 radical (unpaired) electrons. The molecule has 4 aromatic rings. The number of nitrogens with zero attached hydrogens (tertiary/aromatic N) is 2. The van der Waals surface area contributed by atoms with Crippen molar-refractivity contribution >= 4 is 46.3 Å². The Morgan fingerprint density at radius 3 is 2.40 bits per heavy atom. The Labute approximate surface area is 241 Å². The maximum Gasteiger partial charge on any atom is 0.338 e. The van der Waals surface area contributed by atoms with Gasteiger partial charge < -0.3 is 18.8 Å². The summed E-state index contributed by atoms with van der Waals surface area (Å²) in [6.07, 6.45) is 3.61. The Morgan fingerprint density at radius 2 is 1.70 bits per heavy atom. The normalized spacial score (nSPS) is 20.1. The lowest BCUT2D eigenvalue weighted by Gasteiger charge is -2.39. The zero-order chi connectivity index (χ0) is 27.6. The molecule has 9 heteroatoms. The summed E-state index contributed by atoms with van der Waals surface area (Å²) in [7, 11) is 0. The van der Waals surface area contributed by atoms with Crippen molar-refractivity contribution in [1.29, 1.82) is 0 Å². The minimum atomic E-state index is -0.334. The molecule has 2 aliphatic rings. The number of fused-ring (bicyclic) bond motifs is 3. The Morgan fingerprint density at radius 1 is 1.00 bits per heavy atom. The number of oxazole rings is 1. The van der Waals surface area contributed by atoms with E-state index in [1.807, 2.05) is 42.5 Å². The van der Waals surface area contributed by atoms with Crippen LogP contribution >= 0.6 is 23.4 Å². The second-order valence-electron chi connectivity index (χ2n) is 10.1. The van der Waals surface area contributed by atoms with Crippen molar-refractivity contribution in [2.45, 2.75) is 61.8 Å². The first-order valence-electron chi connectivity index (χ1n) is 13.5. The molecule has 1 aromatic heterocycles. The van der Waals surface area contributed by atoms with Gasteiger partial charge in [-0.05, 0) is 79.9 Å². The SMILES string of the molecule is CCOC(=O)c1ccc(OC2CC3CCC(C2)N3C(=O)c2ccc(CSc3nc4cc(Cl)ccc4o3)cc2)cc1. The highest BCUT2D eigenvalue weighted by Gasteiger charge is 2.44. The molecule has 0 saturated carbocycles. The van der Waals surface area contributed by atoms with Gasteiger partial charge in [0.05, 0.1) is 12.2 Å². The summed E-state index contributed by atoms with van der Waals surface area (Å²) in [6.45, 7) is 2.13. The van der Waals surface area contributed by atoms with Gasteiger partial charge in [-0.1, -0.05) is 35.5 Å². The Bertz CT molecular complexity index is 1510. The van der Waals surface area contributed by atoms with Crippen LogP contribution in [0.3, 0.4) is 0 Å². The van der Waals surface area contributed by atoms with Gasteiger partial charge in [-0.2, -0.15) is 0 Å². The zero-order valence-electron chi connectivity index (χ0n) is 22.0. The molecule has 0 spiro atoms. The number of ether oxygens (including phenoxy) is 2. The Balaban J connectivity index is 1.04. The van der Waals surface area contributed by atoms with Gasteiger partial charge in [-0.3, -0.25) is 4.79 Å². The van der Waals surface area contributed by atoms with Gasteiger partial charge in [0.2, 0.25) is 0 Å². The molecule has 7 nitrogen and oxygen atoms in total. The van der Waals surface area contributed by atoms with Crippen LogP contribution in [0.15, 0.2) is 76.4 Å². The molecule has 2 fully saturated rings. The predicted octanol–water partition coefficient (Wildman–Crippen LogP) is 7.16. The molecular formula is C31H29ClN2O5S. The number of amides is 1. The fourth-order valence-electron chi connectivity index (χ4n) is 5.61. The van der Waals surface area contributed by atoms with Gasteiger partial charge in [0.15, 0.2) is 5.58 Å². The molecule has 2 bridgehead atoms. The third-order valence-electron chi connectivity index (χ3n) is 7.49. The number of rotatable bonds is 8. The fraction of sp³-hybridized carbons (Fsp3) is 0.323. The lowest BCUT2D eigenvalue weighted by Crippen LogP contribution is -2.49. The molecule has 0 N–H and O–H groups in total. The van der Waals surface area contributed by atoms with E-state index in [1.54, 1.807) is 31.2 Å². The number of aromatic nitrogens is 1. The van der Waals surface area contributed by atoms with Crippen molar-refractivity contribution in [2.24, 2.45) is 0 Å². The number of carbonyl (C=O) groups is 2. The average Bonchev–Trinajstić information content (AvgIpc) is 3.49. The van der Waals surface area contributed by atoms with Gasteiger partial charge >= 0.3 is 5.97 Å². The predicted molar refractivity (Wildman–Crippen MR) is 154 cm³/mol. The van der Waals surface area contributed by atoms with Crippen LogP contribution in [0.1, 0.15) is 58.9 Å². The van der Waals surface area contributed by atoms with Gasteiger partial charge in [-0.15, -0.1) is 0 Å². The Kier molecular flexibility index (Phi) is 7.71. The van der Waals surface area contributed by atoms with Gasteiger partial charge in [-0.25, -0.2) is 9.78 Å². The molecule has 3 heterocycles. The summed E-state index contributed by atoms with van der Waals surface area (Å²) < 4.78 is 17.1. The van der Waals surface area contributed by atoms with Crippen molar-refractivity contribution in [3.05, 3.63) is 88.4 Å². The number of thioether (sulfide) groups is 1. The number of carbonyl (C=O) groups excluding carboxylic acids is 2. The van der Waals surface area contributed by atoms with E-state index in [0.29, 0.717) is 39.3 Å². The molecule has 3 aromatic carbocycles. The molecule has 2 saturated heterocycles.